The van der Waals surface area contributed by atoms with Crippen LogP contribution >= 0.6 is 0 Å². The van der Waals surface area contributed by atoms with E-state index in [1.54, 1.807) is 7.11 Å². The minimum absolute atomic E-state index is 0.470. The Kier molecular flexibility index (Phi) is 4.34. The molecule has 0 saturated heterocycles. The van der Waals surface area contributed by atoms with Crippen molar-refractivity contribution in [3.63, 3.8) is 0 Å². The standard InChI is InChI=1S/C12H14N2O2/c1-9-7-10(3-4-11(9)16-2)5-6-14-12(15)8-13/h3-4,7H,5-6H2,1-2H3,(H,14,15). The lowest BCUT2D eigenvalue weighted by Crippen LogP contribution is -2.23. The molecule has 0 aliphatic heterocycles. The van der Waals surface area contributed by atoms with Gasteiger partial charge in [-0.25, -0.2) is 0 Å². The van der Waals surface area contributed by atoms with Gasteiger partial charge < -0.3 is 10.1 Å². The summed E-state index contributed by atoms with van der Waals surface area (Å²) in [5.41, 5.74) is 2.17. The Morgan fingerprint density at radius 3 is 2.88 bits per heavy atom. The Hall–Kier alpha value is -2.02. The molecular weight excluding hydrogens is 204 g/mol. The molecule has 16 heavy (non-hydrogen) atoms. The van der Waals surface area contributed by atoms with Gasteiger partial charge in [-0.3, -0.25) is 4.79 Å². The van der Waals surface area contributed by atoms with Crippen molar-refractivity contribution in [2.45, 2.75) is 13.3 Å². The molecule has 1 N–H and O–H groups in total. The van der Waals surface area contributed by atoms with E-state index in [4.69, 9.17) is 10.00 Å². The van der Waals surface area contributed by atoms with Crippen molar-refractivity contribution >= 4 is 5.91 Å². The highest BCUT2D eigenvalue weighted by Crippen LogP contribution is 2.18. The molecular formula is C12H14N2O2. The van der Waals surface area contributed by atoms with E-state index in [0.717, 1.165) is 16.9 Å². The fraction of sp³-hybridized carbons (Fsp3) is 0.333. The molecule has 1 amide bonds. The van der Waals surface area contributed by atoms with E-state index >= 15 is 0 Å². The molecule has 0 unspecified atom stereocenters. The number of nitrogens with one attached hydrogen (secondary N) is 1. The number of nitrogens with zero attached hydrogens (tertiary/aromatic N) is 1. The van der Waals surface area contributed by atoms with E-state index in [0.29, 0.717) is 13.0 Å². The van der Waals surface area contributed by atoms with Crippen LogP contribution in [0.5, 0.6) is 5.75 Å². The lowest BCUT2D eigenvalue weighted by Gasteiger charge is -2.07. The van der Waals surface area contributed by atoms with Crippen LogP contribution in [0.1, 0.15) is 11.1 Å². The lowest BCUT2D eigenvalue weighted by atomic mass is 10.1. The summed E-state index contributed by atoms with van der Waals surface area (Å²) < 4.78 is 5.15. The average Bonchev–Trinajstić information content (AvgIpc) is 2.29. The zero-order valence-electron chi connectivity index (χ0n) is 9.41. The van der Waals surface area contributed by atoms with E-state index in [2.05, 4.69) is 5.32 Å². The summed E-state index contributed by atoms with van der Waals surface area (Å²) in [6.45, 7) is 2.44. The maximum Gasteiger partial charge on any atom is 0.322 e. The first-order chi connectivity index (χ1) is 7.67. The molecule has 0 heterocycles. The fourth-order valence-electron chi connectivity index (χ4n) is 1.46. The molecule has 84 valence electrons. The van der Waals surface area contributed by atoms with Crippen LogP contribution in [0.3, 0.4) is 0 Å². The summed E-state index contributed by atoms with van der Waals surface area (Å²) in [6, 6.07) is 7.37. The van der Waals surface area contributed by atoms with Gasteiger partial charge in [0.15, 0.2) is 6.07 Å². The monoisotopic (exact) mass is 218 g/mol. The zero-order chi connectivity index (χ0) is 12.0. The van der Waals surface area contributed by atoms with Gasteiger partial charge in [0.25, 0.3) is 0 Å². The maximum absolute atomic E-state index is 10.7. The zero-order valence-corrected chi connectivity index (χ0v) is 9.41. The molecule has 4 nitrogen and oxygen atoms in total. The average molecular weight is 218 g/mol. The van der Waals surface area contributed by atoms with Gasteiger partial charge in [-0.1, -0.05) is 12.1 Å². The third kappa shape index (κ3) is 3.28. The van der Waals surface area contributed by atoms with Crippen molar-refractivity contribution in [3.8, 4) is 11.8 Å². The molecule has 0 aliphatic carbocycles. The number of amides is 1. The van der Waals surface area contributed by atoms with Crippen LogP contribution in [0.25, 0.3) is 0 Å². The molecule has 0 aliphatic rings. The maximum atomic E-state index is 10.7. The number of carbonyl (C=O) groups excluding carboxylic acids is 1. The van der Waals surface area contributed by atoms with Crippen molar-refractivity contribution < 1.29 is 9.53 Å². The van der Waals surface area contributed by atoms with Crippen molar-refractivity contribution in [2.24, 2.45) is 0 Å². The first-order valence-corrected chi connectivity index (χ1v) is 4.99. The van der Waals surface area contributed by atoms with Crippen molar-refractivity contribution in [1.82, 2.24) is 5.32 Å². The van der Waals surface area contributed by atoms with Crippen molar-refractivity contribution in [2.75, 3.05) is 13.7 Å². The third-order valence-corrected chi connectivity index (χ3v) is 2.26. The largest absolute Gasteiger partial charge is 0.496 e. The molecule has 4 heteroatoms. The van der Waals surface area contributed by atoms with E-state index in [1.165, 1.54) is 6.07 Å². The Morgan fingerprint density at radius 1 is 1.56 bits per heavy atom. The lowest BCUT2D eigenvalue weighted by molar-refractivity contribution is -0.115. The highest BCUT2D eigenvalue weighted by molar-refractivity contribution is 5.91. The van der Waals surface area contributed by atoms with Gasteiger partial charge in [0, 0.05) is 6.54 Å². The number of ether oxygens (including phenoxy) is 1. The predicted octanol–water partition coefficient (Wildman–Crippen LogP) is 1.19. The highest BCUT2D eigenvalue weighted by Gasteiger charge is 2.01. The number of carbonyl (C=O) groups is 1. The third-order valence-electron chi connectivity index (χ3n) is 2.26. The topological polar surface area (TPSA) is 62.1 Å². The van der Waals surface area contributed by atoms with Crippen LogP contribution < -0.4 is 10.1 Å². The summed E-state index contributed by atoms with van der Waals surface area (Å²) in [7, 11) is 1.63. The van der Waals surface area contributed by atoms with Gasteiger partial charge in [-0.05, 0) is 30.5 Å². The molecule has 0 fully saturated rings. The number of rotatable bonds is 4. The SMILES string of the molecule is COc1ccc(CCNC(=O)C#N)cc1C. The Labute approximate surface area is 94.8 Å². The van der Waals surface area contributed by atoms with Gasteiger partial charge in [0.2, 0.25) is 0 Å². The number of benzene rings is 1. The molecule has 1 rings (SSSR count). The summed E-state index contributed by atoms with van der Waals surface area (Å²) in [6.07, 6.45) is 0.707. The second-order valence-corrected chi connectivity index (χ2v) is 3.42. The van der Waals surface area contributed by atoms with Gasteiger partial charge in [0.05, 0.1) is 7.11 Å². The van der Waals surface area contributed by atoms with Gasteiger partial charge in [0.1, 0.15) is 5.75 Å². The molecule has 0 spiro atoms. The predicted molar refractivity (Wildman–Crippen MR) is 60.1 cm³/mol. The van der Waals surface area contributed by atoms with E-state index in [9.17, 15) is 4.79 Å². The smallest absolute Gasteiger partial charge is 0.322 e. The molecule has 0 radical (unpaired) electrons. The number of methoxy groups -OCH3 is 1. The first-order valence-electron chi connectivity index (χ1n) is 4.99. The number of nitriles is 1. The number of hydrogen-bond donors (Lipinski definition) is 1. The second-order valence-electron chi connectivity index (χ2n) is 3.42. The van der Waals surface area contributed by atoms with Crippen molar-refractivity contribution in [1.29, 1.82) is 5.26 Å². The summed E-state index contributed by atoms with van der Waals surface area (Å²) in [5.74, 6) is 0.259. The molecule has 1 aromatic carbocycles. The summed E-state index contributed by atoms with van der Waals surface area (Å²) in [4.78, 5) is 10.7. The van der Waals surface area contributed by atoms with Crippen LogP contribution in [0.2, 0.25) is 0 Å². The highest BCUT2D eigenvalue weighted by atomic mass is 16.5. The first kappa shape index (κ1) is 12.1. The molecule has 0 saturated carbocycles. The van der Waals surface area contributed by atoms with Gasteiger partial charge >= 0.3 is 5.91 Å². The van der Waals surface area contributed by atoms with Crippen LogP contribution in [0, 0.1) is 18.3 Å². The normalized spacial score (nSPS) is 9.31. The Bertz CT molecular complexity index is 422. The number of aryl methyl sites for hydroxylation is 1. The van der Waals surface area contributed by atoms with E-state index in [1.807, 2.05) is 25.1 Å². The van der Waals surface area contributed by atoms with Gasteiger partial charge in [-0.15, -0.1) is 0 Å². The molecule has 0 bridgehead atoms. The van der Waals surface area contributed by atoms with Crippen molar-refractivity contribution in [3.05, 3.63) is 29.3 Å². The summed E-state index contributed by atoms with van der Waals surface area (Å²) in [5, 5.41) is 10.8. The Morgan fingerprint density at radius 2 is 2.31 bits per heavy atom. The second kappa shape index (κ2) is 5.76. The van der Waals surface area contributed by atoms with E-state index in [-0.39, 0.29) is 0 Å². The van der Waals surface area contributed by atoms with E-state index < -0.39 is 5.91 Å². The quantitative estimate of drug-likeness (QED) is 0.772. The number of hydrogen-bond acceptors (Lipinski definition) is 3. The van der Waals surface area contributed by atoms with Crippen LogP contribution in [0.4, 0.5) is 0 Å². The fourth-order valence-corrected chi connectivity index (χ4v) is 1.46. The van der Waals surface area contributed by atoms with Crippen LogP contribution in [0.15, 0.2) is 18.2 Å². The Balaban J connectivity index is 2.53. The van der Waals surface area contributed by atoms with Gasteiger partial charge in [-0.2, -0.15) is 5.26 Å². The van der Waals surface area contributed by atoms with Crippen LogP contribution in [-0.2, 0) is 11.2 Å². The minimum atomic E-state index is -0.592. The molecule has 1 aromatic rings. The molecule has 0 aromatic heterocycles. The molecule has 0 atom stereocenters. The minimum Gasteiger partial charge on any atom is -0.496 e. The summed E-state index contributed by atoms with van der Waals surface area (Å²) >= 11 is 0. The van der Waals surface area contributed by atoms with Crippen LogP contribution in [-0.4, -0.2) is 19.6 Å².